The molecule has 0 spiro atoms. The minimum atomic E-state index is -0.129. The van der Waals surface area contributed by atoms with Gasteiger partial charge in [0.15, 0.2) is 0 Å². The van der Waals surface area contributed by atoms with Gasteiger partial charge >= 0.3 is 0 Å². The molecule has 1 N–H and O–H groups in total. The number of aromatic nitrogens is 1. The Kier molecular flexibility index (Phi) is 5.03. The van der Waals surface area contributed by atoms with Crippen molar-refractivity contribution in [1.29, 1.82) is 0 Å². The van der Waals surface area contributed by atoms with Crippen LogP contribution in [0.1, 0.15) is 42.1 Å². The summed E-state index contributed by atoms with van der Waals surface area (Å²) in [6, 6.07) is 12.3. The number of hydrogen-bond acceptors (Lipinski definition) is 3. The molecule has 1 atom stereocenters. The van der Waals surface area contributed by atoms with E-state index in [1.807, 2.05) is 12.1 Å². The second-order valence-electron chi connectivity index (χ2n) is 6.21. The molecule has 1 fully saturated rings. The topological polar surface area (TPSA) is 45.2 Å². The van der Waals surface area contributed by atoms with Gasteiger partial charge in [0.05, 0.1) is 5.56 Å². The van der Waals surface area contributed by atoms with Crippen molar-refractivity contribution in [3.63, 3.8) is 0 Å². The van der Waals surface area contributed by atoms with Crippen molar-refractivity contribution >= 4 is 11.6 Å². The monoisotopic (exact) mass is 309 g/mol. The van der Waals surface area contributed by atoms with Crippen LogP contribution in [0.4, 0.5) is 5.69 Å². The van der Waals surface area contributed by atoms with E-state index < -0.39 is 0 Å². The van der Waals surface area contributed by atoms with Gasteiger partial charge in [-0.25, -0.2) is 0 Å². The summed E-state index contributed by atoms with van der Waals surface area (Å²) in [5.74, 6) is -0.129. The predicted molar refractivity (Wildman–Crippen MR) is 92.4 cm³/mol. The van der Waals surface area contributed by atoms with E-state index in [1.54, 1.807) is 24.5 Å². The van der Waals surface area contributed by atoms with Gasteiger partial charge in [-0.1, -0.05) is 18.6 Å². The lowest BCUT2D eigenvalue weighted by Gasteiger charge is -2.33. The molecule has 2 heterocycles. The molecule has 120 valence electrons. The average molecular weight is 309 g/mol. The maximum atomic E-state index is 12.1. The number of amides is 1. The van der Waals surface area contributed by atoms with E-state index >= 15 is 0 Å². The number of nitrogens with zero attached hydrogens (tertiary/aromatic N) is 2. The zero-order chi connectivity index (χ0) is 16.1. The van der Waals surface area contributed by atoms with Gasteiger partial charge in [-0.15, -0.1) is 0 Å². The normalized spacial score (nSPS) is 18.6. The fourth-order valence-corrected chi connectivity index (χ4v) is 3.02. The summed E-state index contributed by atoms with van der Waals surface area (Å²) in [5.41, 5.74) is 2.67. The van der Waals surface area contributed by atoms with Crippen molar-refractivity contribution in [2.75, 3.05) is 11.9 Å². The number of likely N-dealkylation sites (tertiary alicyclic amines) is 1. The molecule has 0 radical (unpaired) electrons. The Morgan fingerprint density at radius 1 is 1.26 bits per heavy atom. The molecule has 4 heteroatoms. The lowest BCUT2D eigenvalue weighted by Crippen LogP contribution is -2.36. The standard InChI is InChI=1S/C19H23N3O/c1-15-5-2-3-12-22(15)14-16-7-9-18(10-8-16)21-19(23)17-6-4-11-20-13-17/h4,6-11,13,15H,2-3,5,12,14H2,1H3,(H,21,23)/t15-/m0/s1. The van der Waals surface area contributed by atoms with Gasteiger partial charge in [-0.2, -0.15) is 0 Å². The number of carbonyl (C=O) groups is 1. The van der Waals surface area contributed by atoms with Crippen molar-refractivity contribution in [2.45, 2.75) is 38.8 Å². The Hall–Kier alpha value is -2.20. The van der Waals surface area contributed by atoms with Gasteiger partial charge in [0.2, 0.25) is 0 Å². The van der Waals surface area contributed by atoms with Crippen LogP contribution >= 0.6 is 0 Å². The maximum Gasteiger partial charge on any atom is 0.257 e. The molecule has 1 aromatic carbocycles. The molecule has 0 aliphatic carbocycles. The highest BCUT2D eigenvalue weighted by Gasteiger charge is 2.18. The number of piperidine rings is 1. The van der Waals surface area contributed by atoms with E-state index in [4.69, 9.17) is 0 Å². The van der Waals surface area contributed by atoms with Crippen LogP contribution in [0.15, 0.2) is 48.8 Å². The molecule has 1 saturated heterocycles. The predicted octanol–water partition coefficient (Wildman–Crippen LogP) is 3.71. The van der Waals surface area contributed by atoms with Crippen LogP contribution in [0.5, 0.6) is 0 Å². The van der Waals surface area contributed by atoms with Gasteiger partial charge < -0.3 is 5.32 Å². The van der Waals surface area contributed by atoms with Gasteiger partial charge in [-0.3, -0.25) is 14.7 Å². The van der Waals surface area contributed by atoms with Crippen molar-refractivity contribution in [1.82, 2.24) is 9.88 Å². The lowest BCUT2D eigenvalue weighted by atomic mass is 10.0. The molecule has 23 heavy (non-hydrogen) atoms. The average Bonchev–Trinajstić information content (AvgIpc) is 2.59. The van der Waals surface area contributed by atoms with E-state index in [9.17, 15) is 4.79 Å². The fraction of sp³-hybridized carbons (Fsp3) is 0.368. The molecular weight excluding hydrogens is 286 g/mol. The van der Waals surface area contributed by atoms with Crippen molar-refractivity contribution in [3.05, 3.63) is 59.9 Å². The van der Waals surface area contributed by atoms with Crippen molar-refractivity contribution in [2.24, 2.45) is 0 Å². The highest BCUT2D eigenvalue weighted by Crippen LogP contribution is 2.20. The van der Waals surface area contributed by atoms with Crippen LogP contribution in [0, 0.1) is 0 Å². The summed E-state index contributed by atoms with van der Waals surface area (Å²) in [4.78, 5) is 18.6. The number of hydrogen-bond donors (Lipinski definition) is 1. The molecule has 1 aromatic heterocycles. The first-order chi connectivity index (χ1) is 11.2. The van der Waals surface area contributed by atoms with E-state index in [1.165, 1.54) is 31.4 Å². The Bertz CT molecular complexity index is 639. The first-order valence-electron chi connectivity index (χ1n) is 8.27. The minimum absolute atomic E-state index is 0.129. The zero-order valence-corrected chi connectivity index (χ0v) is 13.5. The summed E-state index contributed by atoms with van der Waals surface area (Å²) in [6.07, 6.45) is 7.16. The molecule has 1 aliphatic heterocycles. The van der Waals surface area contributed by atoms with Gasteiger partial charge in [0, 0.05) is 30.7 Å². The van der Waals surface area contributed by atoms with Crippen LogP contribution in [0.3, 0.4) is 0 Å². The van der Waals surface area contributed by atoms with Crippen LogP contribution in [-0.2, 0) is 6.54 Å². The lowest BCUT2D eigenvalue weighted by molar-refractivity contribution is 0.102. The Labute approximate surface area is 137 Å². The number of nitrogens with one attached hydrogen (secondary N) is 1. The van der Waals surface area contributed by atoms with Crippen molar-refractivity contribution in [3.8, 4) is 0 Å². The Morgan fingerprint density at radius 2 is 2.09 bits per heavy atom. The molecule has 3 rings (SSSR count). The van der Waals surface area contributed by atoms with E-state index in [0.29, 0.717) is 11.6 Å². The van der Waals surface area contributed by atoms with Crippen molar-refractivity contribution < 1.29 is 4.79 Å². The first-order valence-corrected chi connectivity index (χ1v) is 8.27. The summed E-state index contributed by atoms with van der Waals surface area (Å²) in [6.45, 7) is 4.47. The van der Waals surface area contributed by atoms with Gasteiger partial charge in [-0.05, 0) is 56.1 Å². The summed E-state index contributed by atoms with van der Waals surface area (Å²) >= 11 is 0. The summed E-state index contributed by atoms with van der Waals surface area (Å²) in [7, 11) is 0. The molecule has 4 nitrogen and oxygen atoms in total. The quantitative estimate of drug-likeness (QED) is 0.936. The molecule has 2 aromatic rings. The number of anilines is 1. The second kappa shape index (κ2) is 7.38. The van der Waals surface area contributed by atoms with Crippen LogP contribution < -0.4 is 5.32 Å². The Balaban J connectivity index is 1.60. The Morgan fingerprint density at radius 3 is 2.78 bits per heavy atom. The van der Waals surface area contributed by atoms with Crippen LogP contribution in [0.2, 0.25) is 0 Å². The third-order valence-corrected chi connectivity index (χ3v) is 4.46. The molecule has 0 unspecified atom stereocenters. The number of benzene rings is 1. The minimum Gasteiger partial charge on any atom is -0.322 e. The van der Waals surface area contributed by atoms with Crippen LogP contribution in [0.25, 0.3) is 0 Å². The van der Waals surface area contributed by atoms with E-state index in [-0.39, 0.29) is 5.91 Å². The highest BCUT2D eigenvalue weighted by molar-refractivity contribution is 6.03. The molecular formula is C19H23N3O. The molecule has 1 aliphatic rings. The summed E-state index contributed by atoms with van der Waals surface area (Å²) < 4.78 is 0. The smallest absolute Gasteiger partial charge is 0.257 e. The van der Waals surface area contributed by atoms with E-state index in [2.05, 4.69) is 34.3 Å². The third kappa shape index (κ3) is 4.17. The van der Waals surface area contributed by atoms with Crippen LogP contribution in [-0.4, -0.2) is 28.4 Å². The fourth-order valence-electron chi connectivity index (χ4n) is 3.02. The number of pyridine rings is 1. The molecule has 0 saturated carbocycles. The first kappa shape index (κ1) is 15.7. The van der Waals surface area contributed by atoms with Gasteiger partial charge in [0.25, 0.3) is 5.91 Å². The molecule has 1 amide bonds. The summed E-state index contributed by atoms with van der Waals surface area (Å²) in [5, 5.41) is 2.91. The zero-order valence-electron chi connectivity index (χ0n) is 13.5. The maximum absolute atomic E-state index is 12.1. The third-order valence-electron chi connectivity index (χ3n) is 4.46. The molecule has 0 bridgehead atoms. The number of carbonyl (C=O) groups excluding carboxylic acids is 1. The second-order valence-corrected chi connectivity index (χ2v) is 6.21. The van der Waals surface area contributed by atoms with Gasteiger partial charge in [0.1, 0.15) is 0 Å². The van der Waals surface area contributed by atoms with E-state index in [0.717, 1.165) is 12.2 Å². The highest BCUT2D eigenvalue weighted by atomic mass is 16.1. The SMILES string of the molecule is C[C@H]1CCCCN1Cc1ccc(NC(=O)c2cccnc2)cc1. The number of rotatable bonds is 4. The largest absolute Gasteiger partial charge is 0.322 e.